The van der Waals surface area contributed by atoms with Gasteiger partial charge in [-0.1, -0.05) is 55.5 Å². The highest BCUT2D eigenvalue weighted by atomic mass is 16.6. The van der Waals surface area contributed by atoms with Gasteiger partial charge in [-0.3, -0.25) is 4.90 Å². The number of aliphatic hydroxyl groups is 2. The van der Waals surface area contributed by atoms with Crippen molar-refractivity contribution in [3.8, 4) is 11.5 Å². The van der Waals surface area contributed by atoms with Crippen molar-refractivity contribution in [3.63, 3.8) is 0 Å². The van der Waals surface area contributed by atoms with Crippen LogP contribution in [0.4, 0.5) is 0 Å². The lowest BCUT2D eigenvalue weighted by Gasteiger charge is -2.47. The molecule has 0 saturated carbocycles. The molecule has 7 heteroatoms. The summed E-state index contributed by atoms with van der Waals surface area (Å²) in [5.41, 5.74) is -0.192. The molecule has 2 aromatic carbocycles. The molecule has 0 aromatic heterocycles. The van der Waals surface area contributed by atoms with E-state index < -0.39 is 17.8 Å². The molecule has 37 heavy (non-hydrogen) atoms. The predicted octanol–water partition coefficient (Wildman–Crippen LogP) is 4.14. The zero-order valence-corrected chi connectivity index (χ0v) is 22.0. The monoisotopic (exact) mass is 509 g/mol. The molecule has 0 fully saturated rings. The SMILES string of the molecule is CCOC(=O)COc1ccc(C[C@@H](C)N(C[C@@H](O)COc2ccccc2)C2(O)C=CC=C[C@H]2CC)cc1. The third-order valence-electron chi connectivity index (χ3n) is 6.48. The molecule has 0 saturated heterocycles. The maximum atomic E-state index is 11.9. The van der Waals surface area contributed by atoms with Crippen LogP contribution in [0, 0.1) is 5.92 Å². The van der Waals surface area contributed by atoms with E-state index in [4.69, 9.17) is 14.2 Å². The highest BCUT2D eigenvalue weighted by Gasteiger charge is 2.42. The summed E-state index contributed by atoms with van der Waals surface area (Å²) in [4.78, 5) is 13.5. The number of nitrogens with zero attached hydrogens (tertiary/aromatic N) is 1. The van der Waals surface area contributed by atoms with Crippen molar-refractivity contribution in [2.75, 3.05) is 26.4 Å². The molecule has 7 nitrogen and oxygen atoms in total. The van der Waals surface area contributed by atoms with Crippen molar-refractivity contribution in [2.45, 2.75) is 51.5 Å². The van der Waals surface area contributed by atoms with E-state index >= 15 is 0 Å². The van der Waals surface area contributed by atoms with E-state index in [1.807, 2.05) is 97.6 Å². The van der Waals surface area contributed by atoms with Gasteiger partial charge < -0.3 is 24.4 Å². The third kappa shape index (κ3) is 8.18. The van der Waals surface area contributed by atoms with Gasteiger partial charge in [0.1, 0.15) is 29.9 Å². The largest absolute Gasteiger partial charge is 0.491 e. The summed E-state index contributed by atoms with van der Waals surface area (Å²) in [6.07, 6.45) is 8.23. The van der Waals surface area contributed by atoms with Gasteiger partial charge in [0.2, 0.25) is 0 Å². The van der Waals surface area contributed by atoms with Gasteiger partial charge in [0.15, 0.2) is 6.61 Å². The van der Waals surface area contributed by atoms with Crippen LogP contribution in [0.1, 0.15) is 32.8 Å². The van der Waals surface area contributed by atoms with Crippen LogP contribution in [0.5, 0.6) is 11.5 Å². The van der Waals surface area contributed by atoms with Gasteiger partial charge >= 0.3 is 5.97 Å². The van der Waals surface area contributed by atoms with E-state index in [0.717, 1.165) is 12.0 Å². The molecule has 1 unspecified atom stereocenters. The number of para-hydroxylation sites is 1. The Hall–Kier alpha value is -3.13. The van der Waals surface area contributed by atoms with E-state index in [9.17, 15) is 15.0 Å². The van der Waals surface area contributed by atoms with E-state index in [-0.39, 0.29) is 31.7 Å². The van der Waals surface area contributed by atoms with Gasteiger partial charge in [-0.25, -0.2) is 4.79 Å². The molecule has 200 valence electrons. The summed E-state index contributed by atoms with van der Waals surface area (Å²) in [5, 5.41) is 22.8. The number of benzene rings is 2. The Kier molecular flexibility index (Phi) is 10.7. The Morgan fingerprint density at radius 1 is 1.03 bits per heavy atom. The number of aliphatic hydroxyl groups excluding tert-OH is 1. The van der Waals surface area contributed by atoms with Crippen molar-refractivity contribution >= 4 is 5.97 Å². The smallest absolute Gasteiger partial charge is 0.344 e. The highest BCUT2D eigenvalue weighted by molar-refractivity contribution is 5.71. The van der Waals surface area contributed by atoms with Crippen LogP contribution in [-0.4, -0.2) is 65.3 Å². The molecule has 0 spiro atoms. The quantitative estimate of drug-likeness (QED) is 0.292. The van der Waals surface area contributed by atoms with Crippen LogP contribution in [0.3, 0.4) is 0 Å². The summed E-state index contributed by atoms with van der Waals surface area (Å²) in [5.74, 6) is 0.761. The number of allylic oxidation sites excluding steroid dienone is 2. The summed E-state index contributed by atoms with van der Waals surface area (Å²) >= 11 is 0. The molecule has 0 aliphatic heterocycles. The average molecular weight is 510 g/mol. The maximum Gasteiger partial charge on any atom is 0.344 e. The van der Waals surface area contributed by atoms with Gasteiger partial charge in [-0.15, -0.1) is 0 Å². The Balaban J connectivity index is 1.70. The Morgan fingerprint density at radius 3 is 2.41 bits per heavy atom. The number of rotatable bonds is 14. The van der Waals surface area contributed by atoms with Crippen molar-refractivity contribution in [1.82, 2.24) is 4.90 Å². The second kappa shape index (κ2) is 14.0. The van der Waals surface area contributed by atoms with Crippen molar-refractivity contribution in [1.29, 1.82) is 0 Å². The molecule has 0 bridgehead atoms. The average Bonchev–Trinajstić information content (AvgIpc) is 2.91. The van der Waals surface area contributed by atoms with Crippen LogP contribution < -0.4 is 9.47 Å². The van der Waals surface area contributed by atoms with E-state index in [1.165, 1.54) is 0 Å². The molecule has 0 heterocycles. The normalized spacial score (nSPS) is 20.4. The Labute approximate surface area is 220 Å². The van der Waals surface area contributed by atoms with Crippen LogP contribution in [0.2, 0.25) is 0 Å². The lowest BCUT2D eigenvalue weighted by atomic mass is 9.85. The first-order valence-corrected chi connectivity index (χ1v) is 12.9. The highest BCUT2D eigenvalue weighted by Crippen LogP contribution is 2.33. The van der Waals surface area contributed by atoms with Crippen molar-refractivity contribution in [3.05, 3.63) is 84.5 Å². The van der Waals surface area contributed by atoms with E-state index in [2.05, 4.69) is 0 Å². The molecule has 3 rings (SSSR count). The first-order chi connectivity index (χ1) is 17.9. The van der Waals surface area contributed by atoms with E-state index in [1.54, 1.807) is 6.92 Å². The van der Waals surface area contributed by atoms with Crippen LogP contribution in [0.25, 0.3) is 0 Å². The second-order valence-corrected chi connectivity index (χ2v) is 9.26. The maximum absolute atomic E-state index is 11.9. The molecule has 1 aliphatic carbocycles. The van der Waals surface area contributed by atoms with Crippen molar-refractivity contribution < 1.29 is 29.2 Å². The standard InChI is InChI=1S/C30H39NO6/c1-4-25-11-9-10-18-30(25,34)31(20-26(32)21-36-27-12-7-6-8-13-27)23(3)19-24-14-16-28(17-15-24)37-22-29(33)35-5-2/h6-18,23,25-26,32,34H,4-5,19-22H2,1-3H3/t23-,25-,26-,30?/m1/s1. The zero-order chi connectivity index (χ0) is 26.7. The first-order valence-electron chi connectivity index (χ1n) is 12.9. The molecular formula is C30H39NO6. The van der Waals surface area contributed by atoms with Crippen LogP contribution in [-0.2, 0) is 16.0 Å². The van der Waals surface area contributed by atoms with E-state index in [0.29, 0.717) is 24.5 Å². The molecule has 2 N–H and O–H groups in total. The first kappa shape index (κ1) is 28.4. The molecule has 0 amide bonds. The summed E-state index contributed by atoms with van der Waals surface area (Å²) in [6.45, 7) is 6.39. The van der Waals surface area contributed by atoms with Gasteiger partial charge in [0.25, 0.3) is 0 Å². The van der Waals surface area contributed by atoms with Crippen molar-refractivity contribution in [2.24, 2.45) is 5.92 Å². The Bertz CT molecular complexity index is 1020. The molecule has 4 atom stereocenters. The number of carbonyl (C=O) groups is 1. The lowest BCUT2D eigenvalue weighted by Crippen LogP contribution is -2.59. The summed E-state index contributed by atoms with van der Waals surface area (Å²) in [6, 6.07) is 16.8. The fraction of sp³-hybridized carbons (Fsp3) is 0.433. The van der Waals surface area contributed by atoms with Gasteiger partial charge in [-0.05, 0) is 62.6 Å². The minimum atomic E-state index is -1.24. The summed E-state index contributed by atoms with van der Waals surface area (Å²) < 4.78 is 16.2. The predicted molar refractivity (Wildman–Crippen MR) is 143 cm³/mol. The number of ether oxygens (including phenoxy) is 3. The zero-order valence-electron chi connectivity index (χ0n) is 22.0. The third-order valence-corrected chi connectivity index (χ3v) is 6.48. The number of carbonyl (C=O) groups excluding carboxylic acids is 1. The van der Waals surface area contributed by atoms with Gasteiger partial charge in [0, 0.05) is 18.5 Å². The lowest BCUT2D eigenvalue weighted by molar-refractivity contribution is -0.145. The number of hydrogen-bond acceptors (Lipinski definition) is 7. The summed E-state index contributed by atoms with van der Waals surface area (Å²) in [7, 11) is 0. The minimum Gasteiger partial charge on any atom is -0.491 e. The molecular weight excluding hydrogens is 470 g/mol. The topological polar surface area (TPSA) is 88.5 Å². The number of hydrogen-bond donors (Lipinski definition) is 2. The molecule has 0 radical (unpaired) electrons. The Morgan fingerprint density at radius 2 is 1.73 bits per heavy atom. The molecule has 1 aliphatic rings. The minimum absolute atomic E-state index is 0.104. The van der Waals surface area contributed by atoms with Crippen LogP contribution >= 0.6 is 0 Å². The second-order valence-electron chi connectivity index (χ2n) is 9.26. The number of esters is 1. The fourth-order valence-corrected chi connectivity index (χ4v) is 4.59. The van der Waals surface area contributed by atoms with Gasteiger partial charge in [-0.2, -0.15) is 0 Å². The van der Waals surface area contributed by atoms with Gasteiger partial charge in [0.05, 0.1) is 6.61 Å². The van der Waals surface area contributed by atoms with Crippen LogP contribution in [0.15, 0.2) is 78.9 Å². The molecule has 2 aromatic rings. The fourth-order valence-electron chi connectivity index (χ4n) is 4.59.